The second-order valence-electron chi connectivity index (χ2n) is 6.84. The molecule has 1 aromatic rings. The lowest BCUT2D eigenvalue weighted by molar-refractivity contribution is -0.160. The molecule has 1 heterocycles. The predicted octanol–water partition coefficient (Wildman–Crippen LogP) is 3.32. The van der Waals surface area contributed by atoms with Gasteiger partial charge in [0.15, 0.2) is 29.1 Å². The predicted molar refractivity (Wildman–Crippen MR) is 87.0 cm³/mol. The number of esters is 1. The molecule has 1 atom stereocenters. The molecule has 0 N–H and O–H groups in total. The van der Waals surface area contributed by atoms with Gasteiger partial charge in [-0.25, -0.2) is 4.39 Å². The second kappa shape index (κ2) is 6.63. The van der Waals surface area contributed by atoms with Crippen LogP contribution in [0.2, 0.25) is 0 Å². The van der Waals surface area contributed by atoms with Crippen molar-refractivity contribution in [3.63, 3.8) is 0 Å². The van der Waals surface area contributed by atoms with E-state index in [0.29, 0.717) is 17.7 Å². The number of aryl methyl sites for hydroxylation is 1. The zero-order chi connectivity index (χ0) is 18.2. The number of ether oxygens (including phenoxy) is 2. The van der Waals surface area contributed by atoms with E-state index in [1.165, 1.54) is 7.11 Å². The summed E-state index contributed by atoms with van der Waals surface area (Å²) in [6.07, 6.45) is 1.28. The van der Waals surface area contributed by atoms with E-state index in [1.807, 2.05) is 0 Å². The molecule has 0 aromatic carbocycles. The minimum Gasteiger partial charge on any atom is -0.492 e. The first-order chi connectivity index (χ1) is 11.1. The van der Waals surface area contributed by atoms with Gasteiger partial charge in [0.25, 0.3) is 0 Å². The van der Waals surface area contributed by atoms with E-state index in [9.17, 15) is 18.8 Å². The van der Waals surface area contributed by atoms with Crippen LogP contribution in [0.25, 0.3) is 0 Å². The van der Waals surface area contributed by atoms with Crippen LogP contribution in [0.15, 0.2) is 0 Å². The first kappa shape index (κ1) is 18.6. The zero-order valence-electron chi connectivity index (χ0n) is 14.4. The van der Waals surface area contributed by atoms with Crippen molar-refractivity contribution < 1.29 is 28.2 Å². The second-order valence-corrected chi connectivity index (χ2v) is 8.07. The highest BCUT2D eigenvalue weighted by Gasteiger charge is 2.46. The third-order valence-corrected chi connectivity index (χ3v) is 4.65. The van der Waals surface area contributed by atoms with Crippen LogP contribution in [0.5, 0.6) is 5.75 Å². The summed E-state index contributed by atoms with van der Waals surface area (Å²) >= 11 is 0.877. The highest BCUT2D eigenvalue weighted by Crippen LogP contribution is 2.38. The Morgan fingerprint density at radius 2 is 1.83 bits per heavy atom. The van der Waals surface area contributed by atoms with Crippen molar-refractivity contribution in [1.29, 1.82) is 0 Å². The quantitative estimate of drug-likeness (QED) is 0.444. The Morgan fingerprint density at radius 3 is 2.25 bits per heavy atom. The minimum atomic E-state index is -1.62. The average Bonchev–Trinajstić information content (AvgIpc) is 3.23. The molecular weight excluding hydrogens is 335 g/mol. The fraction of sp³-hybridized carbons (Fsp3) is 0.588. The van der Waals surface area contributed by atoms with Gasteiger partial charge in [0.05, 0.1) is 7.11 Å². The molecule has 2 rings (SSSR count). The molecular formula is C17H21FO5S. The number of carbonyl (C=O) groups is 3. The van der Waals surface area contributed by atoms with E-state index < -0.39 is 34.9 Å². The maximum atomic E-state index is 14.4. The van der Waals surface area contributed by atoms with Crippen molar-refractivity contribution >= 4 is 28.9 Å². The van der Waals surface area contributed by atoms with E-state index in [4.69, 9.17) is 9.47 Å². The fourth-order valence-electron chi connectivity index (χ4n) is 2.34. The van der Waals surface area contributed by atoms with Gasteiger partial charge in [-0.1, -0.05) is 0 Å². The molecule has 1 fully saturated rings. The van der Waals surface area contributed by atoms with Crippen LogP contribution in [-0.4, -0.2) is 30.2 Å². The first-order valence-electron chi connectivity index (χ1n) is 7.70. The van der Waals surface area contributed by atoms with Crippen LogP contribution in [0, 0.1) is 24.6 Å². The molecule has 0 saturated heterocycles. The Labute approximate surface area is 144 Å². The number of halogens is 1. The lowest BCUT2D eigenvalue weighted by Gasteiger charge is -2.22. The van der Waals surface area contributed by atoms with Crippen LogP contribution in [0.1, 0.15) is 48.2 Å². The summed E-state index contributed by atoms with van der Waals surface area (Å²) in [5.41, 5.74) is -0.846. The lowest BCUT2D eigenvalue weighted by atomic mass is 9.94. The van der Waals surface area contributed by atoms with Crippen LogP contribution >= 0.6 is 11.3 Å². The molecule has 0 radical (unpaired) electrons. The maximum Gasteiger partial charge on any atom is 0.325 e. The van der Waals surface area contributed by atoms with Gasteiger partial charge in [0.2, 0.25) is 0 Å². The lowest BCUT2D eigenvalue weighted by Crippen LogP contribution is -2.38. The fourth-order valence-corrected chi connectivity index (χ4v) is 3.31. The molecule has 0 spiro atoms. The highest BCUT2D eigenvalue weighted by atomic mass is 32.1. The summed E-state index contributed by atoms with van der Waals surface area (Å²) < 4.78 is 24.5. The van der Waals surface area contributed by atoms with E-state index in [0.717, 1.165) is 11.3 Å². The van der Waals surface area contributed by atoms with Gasteiger partial charge in [0, 0.05) is 10.8 Å². The molecule has 7 heteroatoms. The summed E-state index contributed by atoms with van der Waals surface area (Å²) in [5, 5.41) is 0. The molecule has 5 nitrogen and oxygen atoms in total. The van der Waals surface area contributed by atoms with Crippen molar-refractivity contribution in [2.24, 2.45) is 11.8 Å². The number of methoxy groups -OCH3 is 1. The van der Waals surface area contributed by atoms with Crippen molar-refractivity contribution in [3.05, 3.63) is 15.6 Å². The number of hydrogen-bond donors (Lipinski definition) is 0. The van der Waals surface area contributed by atoms with Crippen molar-refractivity contribution in [2.75, 3.05) is 7.11 Å². The van der Waals surface area contributed by atoms with Gasteiger partial charge in [-0.05, 0) is 40.5 Å². The van der Waals surface area contributed by atoms with E-state index in [-0.39, 0.29) is 16.5 Å². The summed E-state index contributed by atoms with van der Waals surface area (Å²) in [6.45, 7) is 6.54. The SMILES string of the molecule is COc1c(C)sc(C(=O)C(C(=O)OC(C)(C)C)C(=O)C2CC2)c1F. The van der Waals surface area contributed by atoms with Crippen molar-refractivity contribution in [3.8, 4) is 5.75 Å². The van der Waals surface area contributed by atoms with Gasteiger partial charge in [-0.3, -0.25) is 14.4 Å². The number of hydrogen-bond acceptors (Lipinski definition) is 6. The molecule has 0 bridgehead atoms. The van der Waals surface area contributed by atoms with Crippen LogP contribution in [0.4, 0.5) is 4.39 Å². The van der Waals surface area contributed by atoms with E-state index in [2.05, 4.69) is 0 Å². The smallest absolute Gasteiger partial charge is 0.325 e. The zero-order valence-corrected chi connectivity index (χ0v) is 15.2. The Bertz CT molecular complexity index is 682. The molecule has 24 heavy (non-hydrogen) atoms. The van der Waals surface area contributed by atoms with Gasteiger partial charge in [-0.15, -0.1) is 11.3 Å². The highest BCUT2D eigenvalue weighted by molar-refractivity contribution is 7.14. The van der Waals surface area contributed by atoms with Crippen molar-refractivity contribution in [2.45, 2.75) is 46.1 Å². The van der Waals surface area contributed by atoms with E-state index >= 15 is 0 Å². The van der Waals surface area contributed by atoms with Gasteiger partial charge >= 0.3 is 5.97 Å². The van der Waals surface area contributed by atoms with Crippen LogP contribution in [-0.2, 0) is 14.3 Å². The standard InChI is InChI=1S/C17H21FO5S/c1-8-14(22-5)11(18)15(24-8)13(20)10(12(19)9-6-7-9)16(21)23-17(2,3)4/h9-10H,6-7H2,1-5H3. The molecule has 0 amide bonds. The molecule has 0 aliphatic heterocycles. The Balaban J connectivity index is 2.38. The average molecular weight is 356 g/mol. The molecule has 132 valence electrons. The normalized spacial score (nSPS) is 15.8. The number of Topliss-reactive ketones (excluding diaryl/α,β-unsaturated/α-hetero) is 2. The maximum absolute atomic E-state index is 14.4. The van der Waals surface area contributed by atoms with E-state index in [1.54, 1.807) is 27.7 Å². The number of ketones is 2. The third kappa shape index (κ3) is 3.83. The monoisotopic (exact) mass is 356 g/mol. The topological polar surface area (TPSA) is 69.7 Å². The molecule has 1 aromatic heterocycles. The first-order valence-corrected chi connectivity index (χ1v) is 8.52. The molecule has 1 saturated carbocycles. The molecule has 1 unspecified atom stereocenters. The minimum absolute atomic E-state index is 0.0369. The third-order valence-electron chi connectivity index (χ3n) is 3.57. The summed E-state index contributed by atoms with van der Waals surface area (Å²) in [7, 11) is 1.30. The summed E-state index contributed by atoms with van der Waals surface area (Å²) in [6, 6.07) is 0. The van der Waals surface area contributed by atoms with Crippen LogP contribution in [0.3, 0.4) is 0 Å². The Morgan fingerprint density at radius 1 is 1.25 bits per heavy atom. The van der Waals surface area contributed by atoms with Gasteiger partial charge < -0.3 is 9.47 Å². The Kier molecular flexibility index (Phi) is 5.13. The molecule has 1 aliphatic rings. The molecule has 1 aliphatic carbocycles. The van der Waals surface area contributed by atoms with Crippen LogP contribution < -0.4 is 4.74 Å². The number of thiophene rings is 1. The number of rotatable bonds is 6. The van der Waals surface area contributed by atoms with Gasteiger partial charge in [-0.2, -0.15) is 0 Å². The largest absolute Gasteiger partial charge is 0.492 e. The number of carbonyl (C=O) groups excluding carboxylic acids is 3. The summed E-state index contributed by atoms with van der Waals surface area (Å²) in [4.78, 5) is 37.8. The van der Waals surface area contributed by atoms with Crippen molar-refractivity contribution in [1.82, 2.24) is 0 Å². The van der Waals surface area contributed by atoms with Gasteiger partial charge in [0.1, 0.15) is 10.5 Å². The Hall–Kier alpha value is -1.76. The summed E-state index contributed by atoms with van der Waals surface area (Å²) in [5.74, 6) is -5.07.